The summed E-state index contributed by atoms with van der Waals surface area (Å²) >= 11 is 5.96. The van der Waals surface area contributed by atoms with Crippen molar-refractivity contribution in [3.05, 3.63) is 102 Å². The summed E-state index contributed by atoms with van der Waals surface area (Å²) in [5.41, 5.74) is 3.57. The van der Waals surface area contributed by atoms with Crippen LogP contribution in [0, 0.1) is 0 Å². The quantitative estimate of drug-likeness (QED) is 0.335. The normalized spacial score (nSPS) is 10.8. The van der Waals surface area contributed by atoms with E-state index >= 15 is 0 Å². The zero-order chi connectivity index (χ0) is 21.9. The summed E-state index contributed by atoms with van der Waals surface area (Å²) in [6.07, 6.45) is 5.12. The predicted molar refractivity (Wildman–Crippen MR) is 125 cm³/mol. The molecular formula is C25H17ClN4O2. The summed E-state index contributed by atoms with van der Waals surface area (Å²) < 4.78 is 5.97. The van der Waals surface area contributed by atoms with Gasteiger partial charge in [-0.25, -0.2) is 4.98 Å². The molecule has 7 heteroatoms. The molecule has 32 heavy (non-hydrogen) atoms. The van der Waals surface area contributed by atoms with Gasteiger partial charge in [0, 0.05) is 29.3 Å². The van der Waals surface area contributed by atoms with E-state index in [0.29, 0.717) is 27.9 Å². The van der Waals surface area contributed by atoms with E-state index in [4.69, 9.17) is 16.3 Å². The van der Waals surface area contributed by atoms with E-state index < -0.39 is 0 Å². The fraction of sp³-hybridized carbons (Fsp3) is 0. The summed E-state index contributed by atoms with van der Waals surface area (Å²) in [4.78, 5) is 24.2. The van der Waals surface area contributed by atoms with Gasteiger partial charge in [0.1, 0.15) is 22.8 Å². The van der Waals surface area contributed by atoms with Crippen molar-refractivity contribution in [1.82, 2.24) is 15.0 Å². The summed E-state index contributed by atoms with van der Waals surface area (Å²) in [5, 5.41) is 4.43. The number of benzene rings is 2. The summed E-state index contributed by atoms with van der Waals surface area (Å²) in [5.74, 6) is 1.06. The second-order valence-electron chi connectivity index (χ2n) is 7.07. The maximum absolute atomic E-state index is 12.7. The second kappa shape index (κ2) is 8.53. The van der Waals surface area contributed by atoms with E-state index in [1.54, 1.807) is 42.7 Å². The molecule has 0 saturated heterocycles. The minimum absolute atomic E-state index is 0.294. The fourth-order valence-electron chi connectivity index (χ4n) is 3.33. The number of aromatic nitrogens is 3. The lowest BCUT2D eigenvalue weighted by molar-refractivity contribution is 0.102. The Balaban J connectivity index is 1.29. The van der Waals surface area contributed by atoms with Gasteiger partial charge in [0.2, 0.25) is 0 Å². The predicted octanol–water partition coefficient (Wildman–Crippen LogP) is 6.32. The lowest BCUT2D eigenvalue weighted by Gasteiger charge is -2.09. The first-order chi connectivity index (χ1) is 15.7. The maximum Gasteiger partial charge on any atom is 0.274 e. The van der Waals surface area contributed by atoms with Crippen molar-refractivity contribution in [2.24, 2.45) is 0 Å². The van der Waals surface area contributed by atoms with Crippen LogP contribution < -0.4 is 10.1 Å². The molecule has 0 bridgehead atoms. The Morgan fingerprint density at radius 2 is 1.66 bits per heavy atom. The Labute approximate surface area is 188 Å². The molecule has 3 heterocycles. The van der Waals surface area contributed by atoms with Crippen molar-refractivity contribution in [2.45, 2.75) is 0 Å². The number of hydrogen-bond donors (Lipinski definition) is 2. The number of carbonyl (C=O) groups excluding carboxylic acids is 1. The molecule has 0 aliphatic carbocycles. The van der Waals surface area contributed by atoms with Crippen molar-refractivity contribution >= 4 is 34.2 Å². The minimum atomic E-state index is -0.294. The van der Waals surface area contributed by atoms with Gasteiger partial charge in [-0.15, -0.1) is 0 Å². The van der Waals surface area contributed by atoms with Crippen LogP contribution in [0.4, 0.5) is 5.69 Å². The van der Waals surface area contributed by atoms with Crippen molar-refractivity contribution in [2.75, 3.05) is 5.32 Å². The van der Waals surface area contributed by atoms with Gasteiger partial charge in [0.15, 0.2) is 0 Å². The van der Waals surface area contributed by atoms with Crippen molar-refractivity contribution in [3.8, 4) is 22.6 Å². The monoisotopic (exact) mass is 440 g/mol. The number of fused-ring (bicyclic) bond motifs is 1. The number of ether oxygens (including phenoxy) is 1. The third-order valence-corrected chi connectivity index (χ3v) is 5.18. The third kappa shape index (κ3) is 4.17. The number of nitrogens with zero attached hydrogens (tertiary/aromatic N) is 2. The first kappa shape index (κ1) is 19.8. The number of amides is 1. The van der Waals surface area contributed by atoms with Crippen LogP contribution in [0.2, 0.25) is 5.02 Å². The Bertz CT molecular complexity index is 1400. The molecule has 0 aliphatic rings. The van der Waals surface area contributed by atoms with E-state index in [0.717, 1.165) is 22.2 Å². The standard InChI is InChI=1S/C25H17ClN4O2/c26-18-3-1-16(2-4-18)17-9-12-27-22(15-17)25(31)30-19-5-7-20(8-6-19)32-23-11-14-29-24-21(23)10-13-28-24/h1-15H,(H,28,29)(H,30,31). The summed E-state index contributed by atoms with van der Waals surface area (Å²) in [6.45, 7) is 0. The van der Waals surface area contributed by atoms with Gasteiger partial charge in [0.05, 0.1) is 5.39 Å². The van der Waals surface area contributed by atoms with Crippen LogP contribution in [0.15, 0.2) is 91.4 Å². The van der Waals surface area contributed by atoms with Gasteiger partial charge in [-0.3, -0.25) is 9.78 Å². The Morgan fingerprint density at radius 3 is 2.47 bits per heavy atom. The number of rotatable bonds is 5. The van der Waals surface area contributed by atoms with E-state index in [9.17, 15) is 4.79 Å². The van der Waals surface area contributed by atoms with E-state index in [1.807, 2.05) is 48.7 Å². The van der Waals surface area contributed by atoms with Gasteiger partial charge in [-0.1, -0.05) is 23.7 Å². The average molecular weight is 441 g/mol. The molecule has 0 unspecified atom stereocenters. The van der Waals surface area contributed by atoms with Gasteiger partial charge in [-0.2, -0.15) is 0 Å². The molecule has 5 rings (SSSR count). The highest BCUT2D eigenvalue weighted by Crippen LogP contribution is 2.29. The lowest BCUT2D eigenvalue weighted by Crippen LogP contribution is -2.13. The number of anilines is 1. The van der Waals surface area contributed by atoms with Gasteiger partial charge >= 0.3 is 0 Å². The number of pyridine rings is 2. The number of halogens is 1. The molecule has 5 aromatic rings. The molecule has 3 aromatic heterocycles. The van der Waals surface area contributed by atoms with Gasteiger partial charge in [-0.05, 0) is 71.8 Å². The molecule has 6 nitrogen and oxygen atoms in total. The Kier molecular flexibility index (Phi) is 5.27. The van der Waals surface area contributed by atoms with Crippen LogP contribution in [0.1, 0.15) is 10.5 Å². The molecule has 0 fully saturated rings. The maximum atomic E-state index is 12.7. The van der Waals surface area contributed by atoms with E-state index in [2.05, 4.69) is 20.3 Å². The Hall–Kier alpha value is -4.16. The molecule has 0 radical (unpaired) electrons. The first-order valence-corrected chi connectivity index (χ1v) is 10.3. The van der Waals surface area contributed by atoms with Crippen LogP contribution in [-0.2, 0) is 0 Å². The number of aromatic amines is 1. The topological polar surface area (TPSA) is 79.9 Å². The number of nitrogens with one attached hydrogen (secondary N) is 2. The smallest absolute Gasteiger partial charge is 0.274 e. The molecule has 0 spiro atoms. The summed E-state index contributed by atoms with van der Waals surface area (Å²) in [6, 6.07) is 21.9. The highest BCUT2D eigenvalue weighted by atomic mass is 35.5. The molecule has 0 aliphatic heterocycles. The summed E-state index contributed by atoms with van der Waals surface area (Å²) in [7, 11) is 0. The highest BCUT2D eigenvalue weighted by Gasteiger charge is 2.10. The van der Waals surface area contributed by atoms with E-state index in [1.165, 1.54) is 0 Å². The van der Waals surface area contributed by atoms with Crippen LogP contribution in [0.25, 0.3) is 22.2 Å². The molecule has 1 amide bonds. The number of H-pyrrole nitrogens is 1. The van der Waals surface area contributed by atoms with Crippen molar-refractivity contribution in [1.29, 1.82) is 0 Å². The lowest BCUT2D eigenvalue weighted by atomic mass is 10.1. The van der Waals surface area contributed by atoms with Crippen molar-refractivity contribution < 1.29 is 9.53 Å². The zero-order valence-corrected chi connectivity index (χ0v) is 17.5. The molecular weight excluding hydrogens is 424 g/mol. The zero-order valence-electron chi connectivity index (χ0n) is 16.7. The van der Waals surface area contributed by atoms with Gasteiger partial charge < -0.3 is 15.0 Å². The second-order valence-corrected chi connectivity index (χ2v) is 7.50. The number of carbonyl (C=O) groups is 1. The molecule has 0 atom stereocenters. The molecule has 2 N–H and O–H groups in total. The first-order valence-electron chi connectivity index (χ1n) is 9.89. The number of hydrogen-bond acceptors (Lipinski definition) is 4. The molecule has 2 aromatic carbocycles. The SMILES string of the molecule is O=C(Nc1ccc(Oc2ccnc3[nH]ccc23)cc1)c1cc(-c2ccc(Cl)cc2)ccn1. The van der Waals surface area contributed by atoms with Crippen LogP contribution in [-0.4, -0.2) is 20.9 Å². The van der Waals surface area contributed by atoms with Crippen LogP contribution in [0.3, 0.4) is 0 Å². The van der Waals surface area contributed by atoms with Gasteiger partial charge in [0.25, 0.3) is 5.91 Å². The van der Waals surface area contributed by atoms with E-state index in [-0.39, 0.29) is 5.91 Å². The fourth-order valence-corrected chi connectivity index (χ4v) is 3.46. The van der Waals surface area contributed by atoms with Crippen LogP contribution in [0.5, 0.6) is 11.5 Å². The highest BCUT2D eigenvalue weighted by molar-refractivity contribution is 6.30. The molecule has 0 saturated carbocycles. The van der Waals surface area contributed by atoms with Crippen LogP contribution >= 0.6 is 11.6 Å². The minimum Gasteiger partial charge on any atom is -0.457 e. The van der Waals surface area contributed by atoms with Crippen molar-refractivity contribution in [3.63, 3.8) is 0 Å². The third-order valence-electron chi connectivity index (χ3n) is 4.93. The largest absolute Gasteiger partial charge is 0.457 e. The average Bonchev–Trinajstić information content (AvgIpc) is 3.31. The molecule has 156 valence electrons. The Morgan fingerprint density at radius 1 is 0.875 bits per heavy atom.